The molecule has 0 aliphatic carbocycles. The van der Waals surface area contributed by atoms with E-state index < -0.39 is 0 Å². The Labute approximate surface area is 101 Å². The van der Waals surface area contributed by atoms with Crippen LogP contribution in [0.3, 0.4) is 0 Å². The van der Waals surface area contributed by atoms with Crippen molar-refractivity contribution in [2.24, 2.45) is 0 Å². The van der Waals surface area contributed by atoms with Crippen molar-refractivity contribution in [1.82, 2.24) is 0 Å². The molecule has 17 heavy (non-hydrogen) atoms. The minimum absolute atomic E-state index is 0.0910. The number of carbonyl (C=O) groups excluding carboxylic acids is 2. The van der Waals surface area contributed by atoms with Gasteiger partial charge in [-0.05, 0) is 44.5 Å². The average molecular weight is 235 g/mol. The van der Waals surface area contributed by atoms with E-state index in [1.54, 1.807) is 6.07 Å². The van der Waals surface area contributed by atoms with Crippen molar-refractivity contribution in [2.45, 2.75) is 27.2 Å². The lowest BCUT2D eigenvalue weighted by molar-refractivity contribution is -0.124. The summed E-state index contributed by atoms with van der Waals surface area (Å²) in [6, 6.07) is 5.39. The van der Waals surface area contributed by atoms with E-state index in [-0.39, 0.29) is 18.1 Å². The van der Waals surface area contributed by atoms with Crippen LogP contribution < -0.4 is 10.1 Å². The molecule has 4 nitrogen and oxygen atoms in total. The number of ether oxygens (including phenoxy) is 1. The molecule has 0 heterocycles. The summed E-state index contributed by atoms with van der Waals surface area (Å²) in [4.78, 5) is 22.2. The smallest absolute Gasteiger partial charge is 0.231 e. The number of amides is 1. The zero-order valence-corrected chi connectivity index (χ0v) is 10.4. The monoisotopic (exact) mass is 235 g/mol. The molecular weight excluding hydrogens is 218 g/mol. The van der Waals surface area contributed by atoms with E-state index in [2.05, 4.69) is 5.32 Å². The van der Waals surface area contributed by atoms with Crippen LogP contribution in [-0.4, -0.2) is 18.3 Å². The topological polar surface area (TPSA) is 55.4 Å². The fraction of sp³-hybridized carbons (Fsp3) is 0.385. The van der Waals surface area contributed by atoms with Crippen molar-refractivity contribution in [1.29, 1.82) is 0 Å². The van der Waals surface area contributed by atoms with Crippen LogP contribution in [0, 0.1) is 6.92 Å². The predicted octanol–water partition coefficient (Wildman–Crippen LogP) is 2.31. The van der Waals surface area contributed by atoms with Gasteiger partial charge in [0.05, 0.1) is 13.0 Å². The third-order valence-corrected chi connectivity index (χ3v) is 2.17. The van der Waals surface area contributed by atoms with Crippen LogP contribution in [0.4, 0.5) is 5.69 Å². The minimum atomic E-state index is -0.291. The van der Waals surface area contributed by atoms with E-state index in [9.17, 15) is 9.59 Å². The molecule has 0 unspecified atom stereocenters. The molecular formula is C13H17NO3. The highest BCUT2D eigenvalue weighted by atomic mass is 16.5. The number of hydrogen-bond acceptors (Lipinski definition) is 3. The molecule has 0 aromatic heterocycles. The van der Waals surface area contributed by atoms with Crippen LogP contribution in [0.25, 0.3) is 0 Å². The summed E-state index contributed by atoms with van der Waals surface area (Å²) >= 11 is 0. The van der Waals surface area contributed by atoms with Gasteiger partial charge in [-0.15, -0.1) is 0 Å². The Bertz CT molecular complexity index is 427. The molecule has 0 radical (unpaired) electrons. The summed E-state index contributed by atoms with van der Waals surface area (Å²) in [5.74, 6) is 0.364. The van der Waals surface area contributed by atoms with Gasteiger partial charge >= 0.3 is 0 Å². The number of rotatable bonds is 5. The van der Waals surface area contributed by atoms with Gasteiger partial charge in [0.2, 0.25) is 5.91 Å². The van der Waals surface area contributed by atoms with Crippen molar-refractivity contribution in [3.05, 3.63) is 23.8 Å². The Morgan fingerprint density at radius 3 is 2.59 bits per heavy atom. The second kappa shape index (κ2) is 6.03. The Morgan fingerprint density at radius 1 is 1.35 bits per heavy atom. The number of aryl methyl sites for hydroxylation is 1. The van der Waals surface area contributed by atoms with Gasteiger partial charge in [0.25, 0.3) is 0 Å². The molecule has 0 fully saturated rings. The molecule has 1 aromatic carbocycles. The number of carbonyl (C=O) groups is 2. The molecule has 0 spiro atoms. The summed E-state index contributed by atoms with van der Waals surface area (Å²) < 4.78 is 5.39. The fourth-order valence-corrected chi connectivity index (χ4v) is 1.48. The zero-order valence-electron chi connectivity index (χ0n) is 10.4. The van der Waals surface area contributed by atoms with Crippen LogP contribution in [0.5, 0.6) is 5.75 Å². The Morgan fingerprint density at radius 2 is 2.06 bits per heavy atom. The van der Waals surface area contributed by atoms with E-state index in [0.29, 0.717) is 12.3 Å². The maximum absolute atomic E-state index is 11.4. The van der Waals surface area contributed by atoms with Crippen LogP contribution >= 0.6 is 0 Å². The highest BCUT2D eigenvalue weighted by Gasteiger charge is 2.06. The van der Waals surface area contributed by atoms with Gasteiger partial charge in [-0.2, -0.15) is 0 Å². The number of benzene rings is 1. The van der Waals surface area contributed by atoms with E-state index in [4.69, 9.17) is 4.74 Å². The van der Waals surface area contributed by atoms with Crippen LogP contribution in [-0.2, 0) is 9.59 Å². The third kappa shape index (κ3) is 4.26. The van der Waals surface area contributed by atoms with Gasteiger partial charge in [-0.1, -0.05) is 0 Å². The first-order valence-electron chi connectivity index (χ1n) is 5.55. The number of nitrogens with one attached hydrogen (secondary N) is 1. The van der Waals surface area contributed by atoms with Crippen molar-refractivity contribution in [3.8, 4) is 5.75 Å². The molecule has 92 valence electrons. The van der Waals surface area contributed by atoms with Crippen molar-refractivity contribution >= 4 is 17.4 Å². The number of anilines is 1. The first-order valence-corrected chi connectivity index (χ1v) is 5.55. The first-order chi connectivity index (χ1) is 8.02. The van der Waals surface area contributed by atoms with Crippen molar-refractivity contribution in [2.75, 3.05) is 11.9 Å². The first kappa shape index (κ1) is 13.2. The molecule has 0 atom stereocenters. The van der Waals surface area contributed by atoms with E-state index in [1.807, 2.05) is 26.0 Å². The summed E-state index contributed by atoms with van der Waals surface area (Å²) in [5.41, 5.74) is 1.63. The highest BCUT2D eigenvalue weighted by molar-refractivity contribution is 6.03. The van der Waals surface area contributed by atoms with Crippen LogP contribution in [0.2, 0.25) is 0 Å². The van der Waals surface area contributed by atoms with Gasteiger partial charge in [-0.25, -0.2) is 0 Å². The van der Waals surface area contributed by atoms with E-state index in [1.165, 1.54) is 6.92 Å². The SMILES string of the molecule is CCOc1ccc(NC(=O)CC(C)=O)cc1C. The Kier molecular flexibility index (Phi) is 4.69. The van der Waals surface area contributed by atoms with Crippen molar-refractivity contribution in [3.63, 3.8) is 0 Å². The van der Waals surface area contributed by atoms with Crippen LogP contribution in [0.1, 0.15) is 25.8 Å². The van der Waals surface area contributed by atoms with Gasteiger partial charge in [0, 0.05) is 5.69 Å². The van der Waals surface area contributed by atoms with Crippen molar-refractivity contribution < 1.29 is 14.3 Å². The molecule has 1 rings (SSSR count). The number of hydrogen-bond donors (Lipinski definition) is 1. The lowest BCUT2D eigenvalue weighted by Crippen LogP contribution is -2.14. The van der Waals surface area contributed by atoms with Gasteiger partial charge in [0.15, 0.2) is 0 Å². The highest BCUT2D eigenvalue weighted by Crippen LogP contribution is 2.21. The summed E-state index contributed by atoms with van der Waals surface area (Å²) in [6.07, 6.45) is -0.0910. The lowest BCUT2D eigenvalue weighted by atomic mass is 10.2. The number of Topliss-reactive ketones (excluding diaryl/α,β-unsaturated/α-hetero) is 1. The molecule has 0 bridgehead atoms. The van der Waals surface area contributed by atoms with Gasteiger partial charge in [0.1, 0.15) is 11.5 Å². The molecule has 0 saturated heterocycles. The Balaban J connectivity index is 2.70. The molecule has 1 aromatic rings. The Hall–Kier alpha value is -1.84. The van der Waals surface area contributed by atoms with E-state index >= 15 is 0 Å². The summed E-state index contributed by atoms with van der Waals surface area (Å²) in [6.45, 7) is 5.83. The molecule has 0 aliphatic rings. The molecule has 1 N–H and O–H groups in total. The second-order valence-corrected chi connectivity index (χ2v) is 3.84. The zero-order chi connectivity index (χ0) is 12.8. The maximum Gasteiger partial charge on any atom is 0.231 e. The molecule has 0 aliphatic heterocycles. The number of ketones is 1. The minimum Gasteiger partial charge on any atom is -0.494 e. The van der Waals surface area contributed by atoms with Gasteiger partial charge in [-0.3, -0.25) is 9.59 Å². The lowest BCUT2D eigenvalue weighted by Gasteiger charge is -2.09. The van der Waals surface area contributed by atoms with E-state index in [0.717, 1.165) is 11.3 Å². The average Bonchev–Trinajstić information content (AvgIpc) is 2.21. The predicted molar refractivity (Wildman–Crippen MR) is 66.3 cm³/mol. The standard InChI is InChI=1S/C13H17NO3/c1-4-17-12-6-5-11(7-9(12)2)14-13(16)8-10(3)15/h5-7H,4,8H2,1-3H3,(H,14,16). The quantitative estimate of drug-likeness (QED) is 0.797. The summed E-state index contributed by atoms with van der Waals surface area (Å²) in [5, 5.41) is 2.67. The molecule has 0 saturated carbocycles. The van der Waals surface area contributed by atoms with Gasteiger partial charge < -0.3 is 10.1 Å². The maximum atomic E-state index is 11.4. The molecule has 4 heteroatoms. The summed E-state index contributed by atoms with van der Waals surface area (Å²) in [7, 11) is 0. The largest absolute Gasteiger partial charge is 0.494 e. The fourth-order valence-electron chi connectivity index (χ4n) is 1.48. The third-order valence-electron chi connectivity index (χ3n) is 2.17. The molecule has 1 amide bonds. The normalized spacial score (nSPS) is 9.82. The second-order valence-electron chi connectivity index (χ2n) is 3.84. The van der Waals surface area contributed by atoms with Crippen LogP contribution in [0.15, 0.2) is 18.2 Å².